The highest BCUT2D eigenvalue weighted by molar-refractivity contribution is 6.38. The third kappa shape index (κ3) is 2.91. The largest absolute Gasteiger partial charge is 0.464 e. The predicted molar refractivity (Wildman–Crippen MR) is 114 cm³/mol. The number of benzene rings is 2. The number of allylic oxidation sites excluding steroid dienone is 1. The molecule has 4 rings (SSSR count). The average Bonchev–Trinajstić information content (AvgIpc) is 3.32. The van der Waals surface area contributed by atoms with Crippen molar-refractivity contribution in [3.63, 3.8) is 0 Å². The fourth-order valence-corrected chi connectivity index (χ4v) is 3.64. The van der Waals surface area contributed by atoms with E-state index < -0.39 is 0 Å². The number of aldehydes is 1. The number of furan rings is 1. The first-order valence-electron chi connectivity index (χ1n) is 9.03. The summed E-state index contributed by atoms with van der Waals surface area (Å²) >= 11 is 0. The first-order chi connectivity index (χ1) is 14.1. The number of terminal acetylenes is 1. The number of nitrogens with zero attached hydrogens (tertiary/aromatic N) is 1. The van der Waals surface area contributed by atoms with Crippen LogP contribution in [0.3, 0.4) is 0 Å². The molecule has 142 valence electrons. The fraction of sp³-hybridized carbons (Fsp3) is 0.0833. The predicted octanol–water partition coefficient (Wildman–Crippen LogP) is 3.76. The summed E-state index contributed by atoms with van der Waals surface area (Å²) in [7, 11) is 3.42. The van der Waals surface area contributed by atoms with Gasteiger partial charge in [-0.25, -0.2) is 0 Å². The van der Waals surface area contributed by atoms with Crippen molar-refractivity contribution in [1.29, 1.82) is 0 Å². The van der Waals surface area contributed by atoms with Gasteiger partial charge < -0.3 is 14.3 Å². The van der Waals surface area contributed by atoms with Crippen LogP contribution in [-0.4, -0.2) is 23.8 Å². The monoisotopic (exact) mass is 382 g/mol. The Morgan fingerprint density at radius 3 is 2.69 bits per heavy atom. The lowest BCUT2D eigenvalue weighted by atomic mass is 9.93. The molecule has 0 radical (unpaired) electrons. The molecule has 0 aliphatic heterocycles. The molecule has 0 atom stereocenters. The maximum Gasteiger partial charge on any atom is 0.252 e. The summed E-state index contributed by atoms with van der Waals surface area (Å²) < 4.78 is 7.51. The van der Waals surface area contributed by atoms with Crippen molar-refractivity contribution in [2.75, 3.05) is 7.05 Å². The van der Waals surface area contributed by atoms with Crippen molar-refractivity contribution in [2.24, 2.45) is 7.05 Å². The van der Waals surface area contributed by atoms with Gasteiger partial charge in [-0.05, 0) is 24.3 Å². The number of likely N-dealkylation sites (N-methyl/N-ethyl adjacent to an activating group) is 1. The number of fused-ring (bicyclic) bond motifs is 2. The van der Waals surface area contributed by atoms with E-state index in [1.807, 2.05) is 60.3 Å². The standard InChI is InChI=1S/C24H18N2O3/c1-4-15-9-10-21-17(11-15)18(12-26(21)3)23(24(28)25-2)19(13-27)20-14-29-22-8-6-5-7-16(20)22/h1,5-14H,2-3H3,(H,25,28)/b23-19+. The van der Waals surface area contributed by atoms with E-state index in [0.29, 0.717) is 28.6 Å². The third-order valence-electron chi connectivity index (χ3n) is 5.04. The first-order valence-corrected chi connectivity index (χ1v) is 9.03. The lowest BCUT2D eigenvalue weighted by molar-refractivity contribution is -0.115. The van der Waals surface area contributed by atoms with Crippen LogP contribution in [0.2, 0.25) is 0 Å². The lowest BCUT2D eigenvalue weighted by Crippen LogP contribution is -2.20. The maximum atomic E-state index is 12.9. The van der Waals surface area contributed by atoms with Crippen LogP contribution >= 0.6 is 0 Å². The number of hydrogen-bond donors (Lipinski definition) is 1. The highest BCUT2D eigenvalue weighted by Crippen LogP contribution is 2.35. The van der Waals surface area contributed by atoms with Crippen LogP contribution < -0.4 is 5.32 Å². The number of nitrogens with one attached hydrogen (secondary N) is 1. The van der Waals surface area contributed by atoms with Crippen molar-refractivity contribution < 1.29 is 14.0 Å². The Morgan fingerprint density at radius 1 is 1.17 bits per heavy atom. The summed E-state index contributed by atoms with van der Waals surface area (Å²) in [5.41, 5.74) is 3.98. The van der Waals surface area contributed by atoms with Crippen molar-refractivity contribution in [3.8, 4) is 12.3 Å². The Hall–Kier alpha value is -4.04. The maximum absolute atomic E-state index is 12.9. The van der Waals surface area contributed by atoms with Crippen LogP contribution in [0, 0.1) is 12.3 Å². The molecule has 1 N–H and O–H groups in total. The van der Waals surface area contributed by atoms with E-state index >= 15 is 0 Å². The highest BCUT2D eigenvalue weighted by Gasteiger charge is 2.24. The van der Waals surface area contributed by atoms with Gasteiger partial charge in [0.15, 0.2) is 6.29 Å². The van der Waals surface area contributed by atoms with Crippen molar-refractivity contribution in [1.82, 2.24) is 9.88 Å². The minimum atomic E-state index is -0.365. The molecular weight excluding hydrogens is 364 g/mol. The summed E-state index contributed by atoms with van der Waals surface area (Å²) in [6, 6.07) is 13.0. The van der Waals surface area contributed by atoms with E-state index in [4.69, 9.17) is 10.8 Å². The van der Waals surface area contributed by atoms with E-state index in [2.05, 4.69) is 11.2 Å². The van der Waals surface area contributed by atoms with Gasteiger partial charge in [0.25, 0.3) is 5.91 Å². The molecule has 0 saturated carbocycles. The number of para-hydroxylation sites is 1. The Morgan fingerprint density at radius 2 is 1.97 bits per heavy atom. The van der Waals surface area contributed by atoms with Crippen molar-refractivity contribution in [3.05, 3.63) is 71.6 Å². The van der Waals surface area contributed by atoms with Crippen LogP contribution in [-0.2, 0) is 16.6 Å². The second-order valence-corrected chi connectivity index (χ2v) is 6.66. The van der Waals surface area contributed by atoms with Crippen LogP contribution in [0.15, 0.2) is 59.3 Å². The van der Waals surface area contributed by atoms with Crippen molar-refractivity contribution in [2.45, 2.75) is 0 Å². The molecule has 0 saturated heterocycles. The minimum absolute atomic E-state index is 0.257. The summed E-state index contributed by atoms with van der Waals surface area (Å²) in [5.74, 6) is 2.26. The number of aryl methyl sites for hydroxylation is 1. The normalized spacial score (nSPS) is 11.9. The number of carbonyl (C=O) groups is 2. The fourth-order valence-electron chi connectivity index (χ4n) is 3.64. The number of carbonyl (C=O) groups excluding carboxylic acids is 2. The van der Waals surface area contributed by atoms with Crippen LogP contribution in [0.5, 0.6) is 0 Å². The molecule has 0 aliphatic carbocycles. The van der Waals surface area contributed by atoms with Gasteiger partial charge in [0.1, 0.15) is 5.58 Å². The Balaban J connectivity index is 2.10. The molecule has 0 unspecified atom stereocenters. The molecule has 29 heavy (non-hydrogen) atoms. The number of hydrogen-bond acceptors (Lipinski definition) is 3. The van der Waals surface area contributed by atoms with E-state index in [1.54, 1.807) is 0 Å². The zero-order chi connectivity index (χ0) is 20.5. The average molecular weight is 382 g/mol. The number of aromatic nitrogens is 1. The molecule has 2 heterocycles. The van der Waals surface area contributed by atoms with Gasteiger partial charge in [-0.3, -0.25) is 9.59 Å². The lowest BCUT2D eigenvalue weighted by Gasteiger charge is -2.10. The van der Waals surface area contributed by atoms with Crippen molar-refractivity contribution >= 4 is 45.2 Å². The van der Waals surface area contributed by atoms with Gasteiger partial charge in [-0.15, -0.1) is 6.42 Å². The smallest absolute Gasteiger partial charge is 0.252 e. The molecule has 0 bridgehead atoms. The molecular formula is C24H18N2O3. The summed E-state index contributed by atoms with van der Waals surface area (Å²) in [4.78, 5) is 25.2. The first kappa shape index (κ1) is 18.3. The summed E-state index contributed by atoms with van der Waals surface area (Å²) in [5, 5.41) is 4.22. The van der Waals surface area contributed by atoms with Gasteiger partial charge in [0.05, 0.1) is 11.8 Å². The Bertz CT molecular complexity index is 1350. The van der Waals surface area contributed by atoms with E-state index in [9.17, 15) is 9.59 Å². The third-order valence-corrected chi connectivity index (χ3v) is 5.04. The molecule has 1 amide bonds. The minimum Gasteiger partial charge on any atom is -0.464 e. The van der Waals surface area contributed by atoms with Gasteiger partial charge >= 0.3 is 0 Å². The zero-order valence-corrected chi connectivity index (χ0v) is 16.0. The van der Waals surface area contributed by atoms with Gasteiger partial charge in [0.2, 0.25) is 0 Å². The van der Waals surface area contributed by atoms with Gasteiger partial charge in [-0.1, -0.05) is 24.1 Å². The van der Waals surface area contributed by atoms with Gasteiger partial charge in [-0.2, -0.15) is 0 Å². The van der Waals surface area contributed by atoms with Gasteiger partial charge in [0, 0.05) is 58.8 Å². The van der Waals surface area contributed by atoms with Crippen LogP contribution in [0.1, 0.15) is 16.7 Å². The van der Waals surface area contributed by atoms with E-state index in [1.165, 1.54) is 13.3 Å². The zero-order valence-electron chi connectivity index (χ0n) is 16.0. The second kappa shape index (κ2) is 7.17. The van der Waals surface area contributed by atoms with E-state index in [-0.39, 0.29) is 17.1 Å². The Kier molecular flexibility index (Phi) is 4.53. The quantitative estimate of drug-likeness (QED) is 0.332. The SMILES string of the molecule is C#Cc1ccc2c(c1)c(/C(C(=O)NC)=C(/C=O)c1coc3ccccc13)cn2C. The molecule has 2 aromatic carbocycles. The van der Waals surface area contributed by atoms with Crippen LogP contribution in [0.25, 0.3) is 33.0 Å². The topological polar surface area (TPSA) is 64.2 Å². The highest BCUT2D eigenvalue weighted by atomic mass is 16.3. The number of amides is 1. The summed E-state index contributed by atoms with van der Waals surface area (Å²) in [6.07, 6.45) is 9.61. The summed E-state index contributed by atoms with van der Waals surface area (Å²) in [6.45, 7) is 0. The van der Waals surface area contributed by atoms with Crippen LogP contribution in [0.4, 0.5) is 0 Å². The molecule has 0 fully saturated rings. The van der Waals surface area contributed by atoms with E-state index in [0.717, 1.165) is 16.3 Å². The Labute approximate surface area is 167 Å². The molecule has 5 heteroatoms. The molecule has 2 aromatic heterocycles. The molecule has 4 aromatic rings. The second-order valence-electron chi connectivity index (χ2n) is 6.66. The molecule has 0 spiro atoms. The molecule has 0 aliphatic rings. The number of rotatable bonds is 4. The molecule has 5 nitrogen and oxygen atoms in total.